The van der Waals surface area contributed by atoms with E-state index in [0.29, 0.717) is 18.2 Å². The summed E-state index contributed by atoms with van der Waals surface area (Å²) >= 11 is 0. The minimum atomic E-state index is -0.0449. The number of likely N-dealkylation sites (tertiary alicyclic amines) is 1. The Labute approximate surface area is 130 Å². The quantitative estimate of drug-likeness (QED) is 0.881. The lowest BCUT2D eigenvalue weighted by Gasteiger charge is -2.33. The van der Waals surface area contributed by atoms with Crippen LogP contribution in [0.5, 0.6) is 0 Å². The number of amides is 2. The fraction of sp³-hybridized carbons (Fsp3) is 0.562. The number of nitrogens with zero attached hydrogens (tertiary/aromatic N) is 2. The Balaban J connectivity index is 1.60. The van der Waals surface area contributed by atoms with Crippen molar-refractivity contribution in [1.29, 1.82) is 0 Å². The van der Waals surface area contributed by atoms with Gasteiger partial charge in [0.2, 0.25) is 5.91 Å². The van der Waals surface area contributed by atoms with Crippen LogP contribution in [0, 0.1) is 0 Å². The average molecular weight is 302 g/mol. The summed E-state index contributed by atoms with van der Waals surface area (Å²) in [6, 6.07) is 4.29. The van der Waals surface area contributed by atoms with Gasteiger partial charge in [-0.25, -0.2) is 4.98 Å². The maximum absolute atomic E-state index is 12.5. The van der Waals surface area contributed by atoms with Crippen molar-refractivity contribution < 1.29 is 9.59 Å². The molecule has 2 N–H and O–H groups in total. The van der Waals surface area contributed by atoms with E-state index in [2.05, 4.69) is 15.6 Å². The van der Waals surface area contributed by atoms with Gasteiger partial charge in [-0.2, -0.15) is 0 Å². The lowest BCUT2D eigenvalue weighted by molar-refractivity contribution is -0.120. The van der Waals surface area contributed by atoms with Crippen molar-refractivity contribution in [3.63, 3.8) is 0 Å². The van der Waals surface area contributed by atoms with Crippen LogP contribution in [0.15, 0.2) is 18.3 Å². The van der Waals surface area contributed by atoms with Gasteiger partial charge in [0, 0.05) is 38.3 Å². The number of aromatic nitrogens is 1. The number of nitrogens with one attached hydrogen (secondary N) is 2. The standard InChI is InChI=1S/C16H22N4O2/c1-11(21)18-14-3-2-8-20(10-14)16(22)12-4-7-15(17-9-12)19-13-5-6-13/h4,7,9,13-14H,2-3,5-6,8,10H2,1H3,(H,17,19)(H,18,21)/t14-/m0/s1. The SMILES string of the molecule is CC(=O)N[C@H]1CCCN(C(=O)c2ccc(NC3CC3)nc2)C1. The number of hydrogen-bond donors (Lipinski definition) is 2. The Morgan fingerprint density at radius 2 is 2.05 bits per heavy atom. The van der Waals surface area contributed by atoms with Gasteiger partial charge in [-0.05, 0) is 37.8 Å². The van der Waals surface area contributed by atoms with Crippen molar-refractivity contribution in [2.75, 3.05) is 18.4 Å². The van der Waals surface area contributed by atoms with Crippen molar-refractivity contribution in [1.82, 2.24) is 15.2 Å². The Kier molecular flexibility index (Phi) is 4.27. The van der Waals surface area contributed by atoms with Gasteiger partial charge in [-0.15, -0.1) is 0 Å². The molecule has 3 rings (SSSR count). The van der Waals surface area contributed by atoms with Crippen LogP contribution >= 0.6 is 0 Å². The van der Waals surface area contributed by atoms with Crippen LogP contribution in [-0.4, -0.2) is 46.9 Å². The maximum atomic E-state index is 12.5. The molecule has 2 aliphatic rings. The summed E-state index contributed by atoms with van der Waals surface area (Å²) in [5.74, 6) is 0.769. The number of piperidine rings is 1. The molecule has 0 radical (unpaired) electrons. The van der Waals surface area contributed by atoms with Gasteiger partial charge in [0.25, 0.3) is 5.91 Å². The molecule has 1 saturated carbocycles. The predicted octanol–water partition coefficient (Wildman–Crippen LogP) is 1.40. The number of rotatable bonds is 4. The molecule has 2 heterocycles. The van der Waals surface area contributed by atoms with Gasteiger partial charge >= 0.3 is 0 Å². The van der Waals surface area contributed by atoms with Crippen LogP contribution in [0.3, 0.4) is 0 Å². The largest absolute Gasteiger partial charge is 0.367 e. The van der Waals surface area contributed by atoms with E-state index in [1.807, 2.05) is 12.1 Å². The highest BCUT2D eigenvalue weighted by Gasteiger charge is 2.25. The van der Waals surface area contributed by atoms with Crippen molar-refractivity contribution >= 4 is 17.6 Å². The molecule has 6 heteroatoms. The van der Waals surface area contributed by atoms with Crippen molar-refractivity contribution in [3.05, 3.63) is 23.9 Å². The van der Waals surface area contributed by atoms with Gasteiger partial charge < -0.3 is 15.5 Å². The first kappa shape index (κ1) is 14.8. The zero-order valence-corrected chi connectivity index (χ0v) is 12.8. The molecule has 1 atom stereocenters. The minimum Gasteiger partial charge on any atom is -0.367 e. The lowest BCUT2D eigenvalue weighted by Crippen LogP contribution is -2.49. The Morgan fingerprint density at radius 1 is 1.23 bits per heavy atom. The van der Waals surface area contributed by atoms with Crippen molar-refractivity contribution in [3.8, 4) is 0 Å². The third-order valence-corrected chi connectivity index (χ3v) is 4.06. The second kappa shape index (κ2) is 6.34. The van der Waals surface area contributed by atoms with E-state index in [-0.39, 0.29) is 17.9 Å². The smallest absolute Gasteiger partial charge is 0.255 e. The van der Waals surface area contributed by atoms with Gasteiger partial charge in [0.15, 0.2) is 0 Å². The predicted molar refractivity (Wildman–Crippen MR) is 83.6 cm³/mol. The summed E-state index contributed by atoms with van der Waals surface area (Å²) in [5, 5.41) is 6.20. The van der Waals surface area contributed by atoms with Crippen molar-refractivity contribution in [2.45, 2.75) is 44.7 Å². The topological polar surface area (TPSA) is 74.3 Å². The third-order valence-electron chi connectivity index (χ3n) is 4.06. The van der Waals surface area contributed by atoms with E-state index in [1.54, 1.807) is 11.1 Å². The van der Waals surface area contributed by atoms with Crippen LogP contribution < -0.4 is 10.6 Å². The monoisotopic (exact) mass is 302 g/mol. The molecule has 2 fully saturated rings. The third kappa shape index (κ3) is 3.75. The summed E-state index contributed by atoms with van der Waals surface area (Å²) in [4.78, 5) is 29.8. The van der Waals surface area contributed by atoms with Crippen LogP contribution in [0.4, 0.5) is 5.82 Å². The van der Waals surface area contributed by atoms with E-state index in [9.17, 15) is 9.59 Å². The number of anilines is 1. The van der Waals surface area contributed by atoms with Crippen molar-refractivity contribution in [2.24, 2.45) is 0 Å². The van der Waals surface area contributed by atoms with Gasteiger partial charge in [0.05, 0.1) is 5.56 Å². The Hall–Kier alpha value is -2.11. The number of carbonyl (C=O) groups excluding carboxylic acids is 2. The molecular formula is C16H22N4O2. The lowest BCUT2D eigenvalue weighted by atomic mass is 10.0. The highest BCUT2D eigenvalue weighted by molar-refractivity contribution is 5.94. The molecule has 1 aliphatic heterocycles. The van der Waals surface area contributed by atoms with Crippen LogP contribution in [0.2, 0.25) is 0 Å². The molecule has 6 nitrogen and oxygen atoms in total. The fourth-order valence-corrected chi connectivity index (χ4v) is 2.79. The van der Waals surface area contributed by atoms with E-state index < -0.39 is 0 Å². The number of carbonyl (C=O) groups is 2. The molecule has 22 heavy (non-hydrogen) atoms. The summed E-state index contributed by atoms with van der Waals surface area (Å²) in [6.45, 7) is 2.81. The van der Waals surface area contributed by atoms with Gasteiger partial charge in [-0.3, -0.25) is 9.59 Å². The summed E-state index contributed by atoms with van der Waals surface area (Å²) in [6.07, 6.45) is 5.85. The molecule has 0 spiro atoms. The molecule has 2 amide bonds. The van der Waals surface area contributed by atoms with Crippen LogP contribution in [0.1, 0.15) is 43.0 Å². The average Bonchev–Trinajstić information content (AvgIpc) is 3.31. The number of hydrogen-bond acceptors (Lipinski definition) is 4. The summed E-state index contributed by atoms with van der Waals surface area (Å²) in [5.41, 5.74) is 0.602. The molecule has 1 aromatic heterocycles. The first-order valence-electron chi connectivity index (χ1n) is 7.91. The Morgan fingerprint density at radius 3 is 2.68 bits per heavy atom. The molecule has 118 valence electrons. The zero-order chi connectivity index (χ0) is 15.5. The second-order valence-corrected chi connectivity index (χ2v) is 6.14. The van der Waals surface area contributed by atoms with Crippen LogP contribution in [0.25, 0.3) is 0 Å². The first-order valence-corrected chi connectivity index (χ1v) is 7.91. The highest BCUT2D eigenvalue weighted by atomic mass is 16.2. The molecule has 0 bridgehead atoms. The minimum absolute atomic E-state index is 0.0134. The van der Waals surface area contributed by atoms with Gasteiger partial charge in [-0.1, -0.05) is 0 Å². The van der Waals surface area contributed by atoms with Gasteiger partial charge in [0.1, 0.15) is 5.82 Å². The van der Waals surface area contributed by atoms with E-state index in [4.69, 9.17) is 0 Å². The molecule has 1 saturated heterocycles. The molecular weight excluding hydrogens is 280 g/mol. The normalized spacial score (nSPS) is 21.3. The Bertz CT molecular complexity index is 554. The first-order chi connectivity index (χ1) is 10.6. The second-order valence-electron chi connectivity index (χ2n) is 6.14. The molecule has 0 aromatic carbocycles. The fourth-order valence-electron chi connectivity index (χ4n) is 2.79. The molecule has 1 aromatic rings. The molecule has 0 unspecified atom stereocenters. The van der Waals surface area contributed by atoms with E-state index >= 15 is 0 Å². The summed E-state index contributed by atoms with van der Waals surface area (Å²) in [7, 11) is 0. The maximum Gasteiger partial charge on any atom is 0.255 e. The highest BCUT2D eigenvalue weighted by Crippen LogP contribution is 2.23. The summed E-state index contributed by atoms with van der Waals surface area (Å²) < 4.78 is 0. The van der Waals surface area contributed by atoms with E-state index in [1.165, 1.54) is 19.8 Å². The zero-order valence-electron chi connectivity index (χ0n) is 12.8. The molecule has 1 aliphatic carbocycles. The number of pyridine rings is 1. The van der Waals surface area contributed by atoms with Crippen LogP contribution in [-0.2, 0) is 4.79 Å². The van der Waals surface area contributed by atoms with E-state index in [0.717, 1.165) is 25.2 Å².